The Morgan fingerprint density at radius 1 is 1.33 bits per heavy atom. The van der Waals surface area contributed by atoms with Crippen molar-refractivity contribution in [1.82, 2.24) is 15.3 Å². The minimum Gasteiger partial charge on any atom is -0.492 e. The molecule has 1 aromatic carbocycles. The highest BCUT2D eigenvalue weighted by molar-refractivity contribution is 6.35. The van der Waals surface area contributed by atoms with Gasteiger partial charge >= 0.3 is 0 Å². The van der Waals surface area contributed by atoms with E-state index in [0.29, 0.717) is 52.2 Å². The zero-order chi connectivity index (χ0) is 17.7. The number of benzene rings is 1. The number of anilines is 1. The number of aromatic nitrogens is 2. The monoisotopic (exact) mass is 368 g/mol. The largest absolute Gasteiger partial charge is 0.492 e. The van der Waals surface area contributed by atoms with Crippen LogP contribution >= 0.6 is 23.2 Å². The minimum atomic E-state index is -0.232. The molecule has 8 heteroatoms. The normalized spacial score (nSPS) is 10.5. The van der Waals surface area contributed by atoms with Crippen LogP contribution < -0.4 is 15.8 Å². The van der Waals surface area contributed by atoms with E-state index in [1.165, 1.54) is 0 Å². The third kappa shape index (κ3) is 4.49. The molecule has 24 heavy (non-hydrogen) atoms. The number of hydrogen-bond donors (Lipinski definition) is 2. The Hall–Kier alpha value is -2.05. The van der Waals surface area contributed by atoms with E-state index in [4.69, 9.17) is 33.7 Å². The van der Waals surface area contributed by atoms with Crippen molar-refractivity contribution >= 4 is 35.1 Å². The molecule has 0 atom stereocenters. The van der Waals surface area contributed by atoms with E-state index < -0.39 is 0 Å². The lowest BCUT2D eigenvalue weighted by Gasteiger charge is -2.12. The molecule has 0 spiro atoms. The molecule has 1 heterocycles. The van der Waals surface area contributed by atoms with E-state index in [-0.39, 0.29) is 11.9 Å². The predicted molar refractivity (Wildman–Crippen MR) is 94.8 cm³/mol. The summed E-state index contributed by atoms with van der Waals surface area (Å²) >= 11 is 11.9. The number of nitrogens with one attached hydrogen (secondary N) is 1. The van der Waals surface area contributed by atoms with Crippen molar-refractivity contribution in [3.8, 4) is 5.75 Å². The first-order chi connectivity index (χ1) is 11.4. The highest BCUT2D eigenvalue weighted by atomic mass is 35.5. The van der Waals surface area contributed by atoms with Gasteiger partial charge in [-0.3, -0.25) is 4.79 Å². The summed E-state index contributed by atoms with van der Waals surface area (Å²) in [5.74, 6) is 0.479. The van der Waals surface area contributed by atoms with Crippen molar-refractivity contribution < 1.29 is 9.53 Å². The number of carbonyl (C=O) groups is 1. The Kier molecular flexibility index (Phi) is 6.23. The van der Waals surface area contributed by atoms with Crippen LogP contribution in [0.25, 0.3) is 0 Å². The van der Waals surface area contributed by atoms with E-state index in [1.807, 2.05) is 0 Å². The van der Waals surface area contributed by atoms with Gasteiger partial charge in [0.1, 0.15) is 5.75 Å². The molecule has 0 fully saturated rings. The fourth-order valence-corrected chi connectivity index (χ4v) is 2.73. The molecule has 0 saturated carbocycles. The van der Waals surface area contributed by atoms with Gasteiger partial charge in [0.2, 0.25) is 5.95 Å². The minimum absolute atomic E-state index is 0.150. The summed E-state index contributed by atoms with van der Waals surface area (Å²) in [5.41, 5.74) is 7.30. The number of ether oxygens (including phenoxy) is 1. The molecule has 3 N–H and O–H groups in total. The van der Waals surface area contributed by atoms with Gasteiger partial charge in [-0.25, -0.2) is 9.97 Å². The topological polar surface area (TPSA) is 90.1 Å². The number of aryl methyl sites for hydroxylation is 2. The zero-order valence-corrected chi connectivity index (χ0v) is 14.9. The van der Waals surface area contributed by atoms with Crippen molar-refractivity contribution in [2.24, 2.45) is 0 Å². The summed E-state index contributed by atoms with van der Waals surface area (Å²) in [6.45, 7) is 2.15. The van der Waals surface area contributed by atoms with Crippen molar-refractivity contribution in [2.45, 2.75) is 19.8 Å². The molecule has 1 aromatic heterocycles. The maximum atomic E-state index is 12.0. The highest BCUT2D eigenvalue weighted by Gasteiger charge is 2.16. The van der Waals surface area contributed by atoms with Crippen LogP contribution in [0.2, 0.25) is 10.0 Å². The number of halogens is 2. The fourth-order valence-electron chi connectivity index (χ4n) is 2.27. The molecule has 128 valence electrons. The zero-order valence-electron chi connectivity index (χ0n) is 13.4. The molecule has 6 nitrogen and oxygen atoms in total. The quantitative estimate of drug-likeness (QED) is 0.764. The van der Waals surface area contributed by atoms with Gasteiger partial charge in [-0.05, 0) is 38.0 Å². The summed E-state index contributed by atoms with van der Waals surface area (Å²) in [5, 5.41) is 3.59. The van der Waals surface area contributed by atoms with E-state index in [0.717, 1.165) is 0 Å². The Bertz CT molecular complexity index is 753. The van der Waals surface area contributed by atoms with Crippen LogP contribution in [0.1, 0.15) is 28.2 Å². The smallest absolute Gasteiger partial charge is 0.254 e. The van der Waals surface area contributed by atoms with Gasteiger partial charge in [0.15, 0.2) is 0 Å². The number of nitrogens with zero attached hydrogens (tertiary/aromatic N) is 2. The average Bonchev–Trinajstić information content (AvgIpc) is 2.52. The highest BCUT2D eigenvalue weighted by Crippen LogP contribution is 2.27. The molecule has 0 unspecified atom stereocenters. The SMILES string of the molecule is CNC(=O)c1c(C)nc(N)nc1CCCOc1ccc(Cl)cc1Cl. The second-order valence-electron chi connectivity index (χ2n) is 5.09. The Labute approximate surface area is 150 Å². The van der Waals surface area contributed by atoms with Crippen molar-refractivity contribution in [3.05, 3.63) is 45.2 Å². The molecule has 2 aromatic rings. The van der Waals surface area contributed by atoms with Crippen LogP contribution in [0.4, 0.5) is 5.95 Å². The van der Waals surface area contributed by atoms with Gasteiger partial charge in [0.25, 0.3) is 5.91 Å². The first-order valence-electron chi connectivity index (χ1n) is 7.35. The van der Waals surface area contributed by atoms with Gasteiger partial charge < -0.3 is 15.8 Å². The third-order valence-corrected chi connectivity index (χ3v) is 3.88. The standard InChI is InChI=1S/C16H18Cl2N4O2/c1-9-14(15(23)20-2)12(22-16(19)21-9)4-3-7-24-13-6-5-10(17)8-11(13)18/h5-6,8H,3-4,7H2,1-2H3,(H,20,23)(H2,19,21,22). The Morgan fingerprint density at radius 2 is 2.08 bits per heavy atom. The number of amides is 1. The number of carbonyl (C=O) groups excluding carboxylic acids is 1. The number of rotatable bonds is 6. The first-order valence-corrected chi connectivity index (χ1v) is 8.11. The second-order valence-corrected chi connectivity index (χ2v) is 5.94. The molecular weight excluding hydrogens is 351 g/mol. The van der Waals surface area contributed by atoms with Gasteiger partial charge in [-0.1, -0.05) is 23.2 Å². The maximum Gasteiger partial charge on any atom is 0.254 e. The van der Waals surface area contributed by atoms with Crippen LogP contribution in [0, 0.1) is 6.92 Å². The lowest BCUT2D eigenvalue weighted by molar-refractivity contribution is 0.0960. The first kappa shape index (κ1) is 18.3. The molecule has 0 aliphatic carbocycles. The summed E-state index contributed by atoms with van der Waals surface area (Å²) in [6, 6.07) is 5.05. The number of hydrogen-bond acceptors (Lipinski definition) is 5. The lowest BCUT2D eigenvalue weighted by Crippen LogP contribution is -2.23. The Balaban J connectivity index is 2.03. The lowest BCUT2D eigenvalue weighted by atomic mass is 10.1. The van der Waals surface area contributed by atoms with Gasteiger partial charge in [-0.15, -0.1) is 0 Å². The molecular formula is C16H18Cl2N4O2. The molecule has 0 radical (unpaired) electrons. The fraction of sp³-hybridized carbons (Fsp3) is 0.312. The van der Waals surface area contributed by atoms with E-state index in [1.54, 1.807) is 32.2 Å². The van der Waals surface area contributed by atoms with Gasteiger partial charge in [0.05, 0.1) is 28.6 Å². The van der Waals surface area contributed by atoms with Crippen molar-refractivity contribution in [1.29, 1.82) is 0 Å². The predicted octanol–water partition coefficient (Wildman–Crippen LogP) is 3.05. The average molecular weight is 369 g/mol. The van der Waals surface area contributed by atoms with E-state index >= 15 is 0 Å². The van der Waals surface area contributed by atoms with Crippen LogP contribution in [0.15, 0.2) is 18.2 Å². The van der Waals surface area contributed by atoms with Crippen molar-refractivity contribution in [2.75, 3.05) is 19.4 Å². The Morgan fingerprint density at radius 3 is 2.75 bits per heavy atom. The molecule has 2 rings (SSSR count). The van der Waals surface area contributed by atoms with E-state index in [9.17, 15) is 4.79 Å². The molecule has 0 aliphatic heterocycles. The van der Waals surface area contributed by atoms with Crippen LogP contribution in [-0.2, 0) is 6.42 Å². The summed E-state index contributed by atoms with van der Waals surface area (Å²) < 4.78 is 5.63. The van der Waals surface area contributed by atoms with Gasteiger partial charge in [-0.2, -0.15) is 0 Å². The van der Waals surface area contributed by atoms with Crippen LogP contribution in [-0.4, -0.2) is 29.5 Å². The second kappa shape index (κ2) is 8.17. The van der Waals surface area contributed by atoms with Crippen LogP contribution in [0.5, 0.6) is 5.75 Å². The number of nitrogens with two attached hydrogens (primary N) is 1. The number of nitrogen functional groups attached to an aromatic ring is 1. The van der Waals surface area contributed by atoms with Crippen molar-refractivity contribution in [3.63, 3.8) is 0 Å². The third-order valence-electron chi connectivity index (χ3n) is 3.35. The molecule has 0 saturated heterocycles. The van der Waals surface area contributed by atoms with E-state index in [2.05, 4.69) is 15.3 Å². The summed E-state index contributed by atoms with van der Waals surface area (Å²) in [4.78, 5) is 20.2. The molecule has 0 bridgehead atoms. The molecule has 0 aliphatic rings. The molecule has 1 amide bonds. The summed E-state index contributed by atoms with van der Waals surface area (Å²) in [7, 11) is 1.56. The maximum absolute atomic E-state index is 12.0. The van der Waals surface area contributed by atoms with Gasteiger partial charge in [0, 0.05) is 12.1 Å². The van der Waals surface area contributed by atoms with Crippen LogP contribution in [0.3, 0.4) is 0 Å². The summed E-state index contributed by atoms with van der Waals surface area (Å²) in [6.07, 6.45) is 1.17.